The molecular weight excluding hydrogens is 273 g/mol. The summed E-state index contributed by atoms with van der Waals surface area (Å²) in [6, 6.07) is 6.13. The number of carbonyl (C=O) groups is 1. The van der Waals surface area contributed by atoms with Crippen LogP contribution in [-0.2, 0) is 11.3 Å². The van der Waals surface area contributed by atoms with Gasteiger partial charge in [0.15, 0.2) is 0 Å². The molecule has 1 heterocycles. The minimum Gasteiger partial charge on any atom is -0.480 e. The van der Waals surface area contributed by atoms with Crippen molar-refractivity contribution >= 4 is 5.97 Å². The van der Waals surface area contributed by atoms with Gasteiger partial charge in [-0.15, -0.1) is 0 Å². The van der Waals surface area contributed by atoms with E-state index in [1.807, 2.05) is 11.8 Å². The highest BCUT2D eigenvalue weighted by Crippen LogP contribution is 2.22. The molecule has 1 aromatic heterocycles. The molecule has 21 heavy (non-hydrogen) atoms. The predicted molar refractivity (Wildman–Crippen MR) is 77.2 cm³/mol. The minimum atomic E-state index is -0.852. The third-order valence-corrected chi connectivity index (χ3v) is 3.14. The number of aliphatic carboxylic acids is 1. The quantitative estimate of drug-likeness (QED) is 0.822. The molecule has 0 bridgehead atoms. The molecular formula is C15H18FN3O2. The highest BCUT2D eigenvalue weighted by atomic mass is 19.1. The van der Waals surface area contributed by atoms with Crippen LogP contribution in [0.3, 0.4) is 0 Å². The first-order chi connectivity index (χ1) is 10.1. The second kappa shape index (κ2) is 6.99. The van der Waals surface area contributed by atoms with Gasteiger partial charge in [0, 0.05) is 17.7 Å². The van der Waals surface area contributed by atoms with Crippen molar-refractivity contribution < 1.29 is 14.3 Å². The maximum Gasteiger partial charge on any atom is 0.317 e. The molecule has 0 aliphatic carbocycles. The fourth-order valence-corrected chi connectivity index (χ4v) is 2.26. The fraction of sp³-hybridized carbons (Fsp3) is 0.333. The molecule has 0 saturated heterocycles. The molecule has 0 spiro atoms. The zero-order chi connectivity index (χ0) is 15.2. The Morgan fingerprint density at radius 3 is 2.71 bits per heavy atom. The number of rotatable bonds is 7. The van der Waals surface area contributed by atoms with Crippen LogP contribution in [-0.4, -0.2) is 39.3 Å². The summed E-state index contributed by atoms with van der Waals surface area (Å²) >= 11 is 0. The van der Waals surface area contributed by atoms with Crippen LogP contribution in [0.15, 0.2) is 30.5 Å². The second-order valence-corrected chi connectivity index (χ2v) is 4.88. The molecule has 5 nitrogen and oxygen atoms in total. The van der Waals surface area contributed by atoms with E-state index >= 15 is 0 Å². The number of nitrogens with zero attached hydrogens (tertiary/aromatic N) is 2. The van der Waals surface area contributed by atoms with E-state index in [0.29, 0.717) is 13.1 Å². The first-order valence-corrected chi connectivity index (χ1v) is 6.82. The zero-order valence-electron chi connectivity index (χ0n) is 11.8. The van der Waals surface area contributed by atoms with Crippen molar-refractivity contribution in [3.05, 3.63) is 41.8 Å². The summed E-state index contributed by atoms with van der Waals surface area (Å²) < 4.78 is 13.0. The molecule has 2 aromatic rings. The highest BCUT2D eigenvalue weighted by Gasteiger charge is 2.14. The summed E-state index contributed by atoms with van der Waals surface area (Å²) in [6.07, 6.45) is 2.56. The third-order valence-electron chi connectivity index (χ3n) is 3.14. The number of H-pyrrole nitrogens is 1. The Balaban J connectivity index is 2.18. The van der Waals surface area contributed by atoms with Gasteiger partial charge < -0.3 is 5.11 Å². The molecule has 0 saturated carbocycles. The van der Waals surface area contributed by atoms with E-state index < -0.39 is 5.97 Å². The number of benzene rings is 1. The first-order valence-electron chi connectivity index (χ1n) is 6.82. The highest BCUT2D eigenvalue weighted by molar-refractivity contribution is 5.69. The number of aromatic amines is 1. The van der Waals surface area contributed by atoms with E-state index in [0.717, 1.165) is 23.2 Å². The van der Waals surface area contributed by atoms with Gasteiger partial charge in [0.05, 0.1) is 18.4 Å². The van der Waals surface area contributed by atoms with Crippen LogP contribution in [0.5, 0.6) is 0 Å². The lowest BCUT2D eigenvalue weighted by Gasteiger charge is -2.19. The van der Waals surface area contributed by atoms with Gasteiger partial charge in [0.1, 0.15) is 5.82 Å². The molecule has 6 heteroatoms. The van der Waals surface area contributed by atoms with Crippen molar-refractivity contribution in [2.24, 2.45) is 0 Å². The number of carboxylic acids is 1. The van der Waals surface area contributed by atoms with Gasteiger partial charge in [-0.3, -0.25) is 14.8 Å². The maximum atomic E-state index is 13.0. The molecule has 2 N–H and O–H groups in total. The van der Waals surface area contributed by atoms with E-state index in [-0.39, 0.29) is 12.4 Å². The van der Waals surface area contributed by atoms with Gasteiger partial charge in [-0.1, -0.05) is 6.92 Å². The number of halogens is 1. The number of hydrogen-bond donors (Lipinski definition) is 2. The van der Waals surface area contributed by atoms with Crippen LogP contribution in [0, 0.1) is 5.82 Å². The van der Waals surface area contributed by atoms with E-state index in [4.69, 9.17) is 5.11 Å². The van der Waals surface area contributed by atoms with Crippen LogP contribution in [0.25, 0.3) is 11.3 Å². The fourth-order valence-electron chi connectivity index (χ4n) is 2.26. The summed E-state index contributed by atoms with van der Waals surface area (Å²) in [7, 11) is 0. The maximum absolute atomic E-state index is 13.0. The normalized spacial score (nSPS) is 11.0. The Morgan fingerprint density at radius 2 is 2.10 bits per heavy atom. The summed E-state index contributed by atoms with van der Waals surface area (Å²) in [5, 5.41) is 15.9. The number of nitrogens with one attached hydrogen (secondary N) is 1. The smallest absolute Gasteiger partial charge is 0.317 e. The molecule has 2 rings (SSSR count). The Bertz CT molecular complexity index is 595. The van der Waals surface area contributed by atoms with E-state index in [2.05, 4.69) is 10.2 Å². The average molecular weight is 291 g/mol. The molecule has 0 aliphatic heterocycles. The van der Waals surface area contributed by atoms with Crippen molar-refractivity contribution in [2.75, 3.05) is 13.1 Å². The van der Waals surface area contributed by atoms with Gasteiger partial charge in [0.25, 0.3) is 0 Å². The molecule has 1 aromatic carbocycles. The topological polar surface area (TPSA) is 69.2 Å². The lowest BCUT2D eigenvalue weighted by atomic mass is 10.1. The zero-order valence-corrected chi connectivity index (χ0v) is 11.8. The standard InChI is InChI=1S/C15H18FN3O2/c1-2-7-19(10-14(20)21)9-12-8-17-18-15(12)11-3-5-13(16)6-4-11/h3-6,8H,2,7,9-10H2,1H3,(H,17,18)(H,20,21). The largest absolute Gasteiger partial charge is 0.480 e. The van der Waals surface area contributed by atoms with Gasteiger partial charge >= 0.3 is 5.97 Å². The van der Waals surface area contributed by atoms with E-state index in [9.17, 15) is 9.18 Å². The molecule has 0 fully saturated rings. The average Bonchev–Trinajstić information content (AvgIpc) is 2.87. The van der Waals surface area contributed by atoms with Crippen LogP contribution in [0.4, 0.5) is 4.39 Å². The van der Waals surface area contributed by atoms with E-state index in [1.165, 1.54) is 12.1 Å². The van der Waals surface area contributed by atoms with E-state index in [1.54, 1.807) is 18.3 Å². The molecule has 0 atom stereocenters. The lowest BCUT2D eigenvalue weighted by molar-refractivity contribution is -0.138. The second-order valence-electron chi connectivity index (χ2n) is 4.88. The summed E-state index contributed by atoms with van der Waals surface area (Å²) in [4.78, 5) is 12.7. The number of carboxylic acid groups (broad SMARTS) is 1. The third kappa shape index (κ3) is 4.13. The Kier molecular flexibility index (Phi) is 5.05. The predicted octanol–water partition coefficient (Wildman–Crippen LogP) is 2.51. The first kappa shape index (κ1) is 15.2. The van der Waals surface area contributed by atoms with Crippen molar-refractivity contribution in [1.29, 1.82) is 0 Å². The molecule has 112 valence electrons. The van der Waals surface area contributed by atoms with Crippen LogP contribution < -0.4 is 0 Å². The van der Waals surface area contributed by atoms with Gasteiger partial charge in [-0.05, 0) is 37.2 Å². The SMILES string of the molecule is CCCN(CC(=O)O)Cc1cn[nH]c1-c1ccc(F)cc1. The van der Waals surface area contributed by atoms with Crippen molar-refractivity contribution in [3.8, 4) is 11.3 Å². The van der Waals surface area contributed by atoms with Gasteiger partial charge in [0.2, 0.25) is 0 Å². The Hall–Kier alpha value is -2.21. The summed E-state index contributed by atoms with van der Waals surface area (Å²) in [5.74, 6) is -1.14. The minimum absolute atomic E-state index is 0.0120. The summed E-state index contributed by atoms with van der Waals surface area (Å²) in [6.45, 7) is 3.18. The Labute approximate surface area is 122 Å². The molecule has 0 unspecified atom stereocenters. The number of aromatic nitrogens is 2. The monoisotopic (exact) mass is 291 g/mol. The van der Waals surface area contributed by atoms with Crippen LogP contribution in [0.2, 0.25) is 0 Å². The van der Waals surface area contributed by atoms with Gasteiger partial charge in [-0.25, -0.2) is 4.39 Å². The molecule has 0 aliphatic rings. The van der Waals surface area contributed by atoms with Crippen molar-refractivity contribution in [1.82, 2.24) is 15.1 Å². The molecule has 0 radical (unpaired) electrons. The molecule has 0 amide bonds. The van der Waals surface area contributed by atoms with Crippen LogP contribution >= 0.6 is 0 Å². The number of hydrogen-bond acceptors (Lipinski definition) is 3. The Morgan fingerprint density at radius 1 is 1.38 bits per heavy atom. The van der Waals surface area contributed by atoms with Crippen molar-refractivity contribution in [2.45, 2.75) is 19.9 Å². The summed E-state index contributed by atoms with van der Waals surface area (Å²) in [5.41, 5.74) is 2.52. The van der Waals surface area contributed by atoms with Crippen LogP contribution in [0.1, 0.15) is 18.9 Å². The van der Waals surface area contributed by atoms with Crippen molar-refractivity contribution in [3.63, 3.8) is 0 Å². The lowest BCUT2D eigenvalue weighted by Crippen LogP contribution is -2.30. The van der Waals surface area contributed by atoms with Gasteiger partial charge in [-0.2, -0.15) is 5.10 Å².